The number of ether oxygens (including phenoxy) is 1. The maximum atomic E-state index is 12.4. The van der Waals surface area contributed by atoms with Crippen LogP contribution >= 0.6 is 0 Å². The van der Waals surface area contributed by atoms with Crippen LogP contribution in [0.5, 0.6) is 5.75 Å². The highest BCUT2D eigenvalue weighted by atomic mass is 16.5. The summed E-state index contributed by atoms with van der Waals surface area (Å²) in [6.45, 7) is 3.21. The summed E-state index contributed by atoms with van der Waals surface area (Å²) in [4.78, 5) is 14.5. The summed E-state index contributed by atoms with van der Waals surface area (Å²) in [7, 11) is 3.95. The standard InChI is InChI=1S/C19H23NO2/c1-15(13-20(2)3)19(21)17-10-7-11-18(12-17)22-14-16-8-5-4-6-9-16/h4-12,15H,13-14H2,1-3H3/t15-/m0/s1. The number of hydrogen-bond donors (Lipinski definition) is 0. The molecule has 3 nitrogen and oxygen atoms in total. The second kappa shape index (κ2) is 7.76. The van der Waals surface area contributed by atoms with E-state index in [9.17, 15) is 4.79 Å². The van der Waals surface area contributed by atoms with Gasteiger partial charge in [-0.1, -0.05) is 49.4 Å². The smallest absolute Gasteiger partial charge is 0.167 e. The predicted molar refractivity (Wildman–Crippen MR) is 89.3 cm³/mol. The number of nitrogens with zero attached hydrogens (tertiary/aromatic N) is 1. The van der Waals surface area contributed by atoms with Gasteiger partial charge in [0.25, 0.3) is 0 Å². The van der Waals surface area contributed by atoms with E-state index in [1.165, 1.54) is 0 Å². The summed E-state index contributed by atoms with van der Waals surface area (Å²) in [5.74, 6) is 0.852. The highest BCUT2D eigenvalue weighted by Crippen LogP contribution is 2.18. The van der Waals surface area contributed by atoms with Gasteiger partial charge in [0.1, 0.15) is 12.4 Å². The predicted octanol–water partition coefficient (Wildman–Crippen LogP) is 3.65. The Balaban J connectivity index is 2.02. The molecular formula is C19H23NO2. The third kappa shape index (κ3) is 4.71. The van der Waals surface area contributed by atoms with E-state index in [4.69, 9.17) is 4.74 Å². The van der Waals surface area contributed by atoms with E-state index in [0.29, 0.717) is 12.2 Å². The van der Waals surface area contributed by atoms with Crippen molar-refractivity contribution < 1.29 is 9.53 Å². The van der Waals surface area contributed by atoms with Crippen LogP contribution in [0.4, 0.5) is 0 Å². The molecule has 0 fully saturated rings. The molecule has 116 valence electrons. The molecular weight excluding hydrogens is 274 g/mol. The Morgan fingerprint density at radius 2 is 1.82 bits per heavy atom. The van der Waals surface area contributed by atoms with Gasteiger partial charge in [0, 0.05) is 18.0 Å². The number of benzene rings is 2. The molecule has 22 heavy (non-hydrogen) atoms. The molecule has 2 aromatic carbocycles. The maximum absolute atomic E-state index is 12.4. The summed E-state index contributed by atoms with van der Waals surface area (Å²) < 4.78 is 5.78. The number of carbonyl (C=O) groups is 1. The maximum Gasteiger partial charge on any atom is 0.167 e. The molecule has 0 aromatic heterocycles. The molecule has 0 aliphatic heterocycles. The largest absolute Gasteiger partial charge is 0.489 e. The lowest BCUT2D eigenvalue weighted by Crippen LogP contribution is -2.25. The van der Waals surface area contributed by atoms with Crippen molar-refractivity contribution in [3.05, 3.63) is 65.7 Å². The zero-order valence-corrected chi connectivity index (χ0v) is 13.5. The molecule has 2 aromatic rings. The first-order chi connectivity index (χ1) is 10.6. The quantitative estimate of drug-likeness (QED) is 0.731. The molecule has 0 saturated heterocycles. The lowest BCUT2D eigenvalue weighted by molar-refractivity contribution is 0.0909. The van der Waals surface area contributed by atoms with E-state index >= 15 is 0 Å². The topological polar surface area (TPSA) is 29.5 Å². The highest BCUT2D eigenvalue weighted by molar-refractivity contribution is 5.98. The summed E-state index contributed by atoms with van der Waals surface area (Å²) in [5, 5.41) is 0. The van der Waals surface area contributed by atoms with Crippen LogP contribution in [0.3, 0.4) is 0 Å². The zero-order chi connectivity index (χ0) is 15.9. The molecule has 0 saturated carbocycles. The molecule has 0 N–H and O–H groups in total. The van der Waals surface area contributed by atoms with Crippen molar-refractivity contribution in [1.82, 2.24) is 4.90 Å². The summed E-state index contributed by atoms with van der Waals surface area (Å²) in [6.07, 6.45) is 0. The zero-order valence-electron chi connectivity index (χ0n) is 13.5. The van der Waals surface area contributed by atoms with Gasteiger partial charge >= 0.3 is 0 Å². The van der Waals surface area contributed by atoms with Crippen molar-refractivity contribution in [2.45, 2.75) is 13.5 Å². The van der Waals surface area contributed by atoms with Crippen LogP contribution in [0, 0.1) is 5.92 Å². The number of ketones is 1. The molecule has 1 atom stereocenters. The number of rotatable bonds is 7. The van der Waals surface area contributed by atoms with Crippen LogP contribution in [-0.4, -0.2) is 31.3 Å². The summed E-state index contributed by atoms with van der Waals surface area (Å²) in [6, 6.07) is 17.4. The SMILES string of the molecule is C[C@@H](CN(C)C)C(=O)c1cccc(OCc2ccccc2)c1. The Morgan fingerprint density at radius 3 is 2.50 bits per heavy atom. The van der Waals surface area contributed by atoms with E-state index < -0.39 is 0 Å². The van der Waals surface area contributed by atoms with E-state index in [-0.39, 0.29) is 11.7 Å². The van der Waals surface area contributed by atoms with E-state index in [1.54, 1.807) is 0 Å². The lowest BCUT2D eigenvalue weighted by Gasteiger charge is -2.16. The monoisotopic (exact) mass is 297 g/mol. The Hall–Kier alpha value is -2.13. The van der Waals surface area contributed by atoms with Crippen LogP contribution < -0.4 is 4.74 Å². The van der Waals surface area contributed by atoms with Crippen molar-refractivity contribution >= 4 is 5.78 Å². The van der Waals surface area contributed by atoms with Gasteiger partial charge in [0.2, 0.25) is 0 Å². The fourth-order valence-corrected chi connectivity index (χ4v) is 2.40. The van der Waals surface area contributed by atoms with Gasteiger partial charge in [0.15, 0.2) is 5.78 Å². The van der Waals surface area contributed by atoms with E-state index in [1.807, 2.05) is 80.5 Å². The minimum Gasteiger partial charge on any atom is -0.489 e. The van der Waals surface area contributed by atoms with Gasteiger partial charge in [-0.2, -0.15) is 0 Å². The normalized spacial score (nSPS) is 12.2. The number of hydrogen-bond acceptors (Lipinski definition) is 3. The summed E-state index contributed by atoms with van der Waals surface area (Å²) >= 11 is 0. The first kappa shape index (κ1) is 16.2. The van der Waals surface area contributed by atoms with Crippen LogP contribution in [0.1, 0.15) is 22.8 Å². The van der Waals surface area contributed by atoms with Crippen LogP contribution in [0.15, 0.2) is 54.6 Å². The van der Waals surface area contributed by atoms with Crippen molar-refractivity contribution in [2.24, 2.45) is 5.92 Å². The fraction of sp³-hybridized carbons (Fsp3) is 0.316. The van der Waals surface area contributed by atoms with Gasteiger partial charge in [-0.05, 0) is 31.8 Å². The number of carbonyl (C=O) groups excluding carboxylic acids is 1. The van der Waals surface area contributed by atoms with Crippen molar-refractivity contribution in [2.75, 3.05) is 20.6 Å². The minimum atomic E-state index is -0.0284. The van der Waals surface area contributed by atoms with Crippen LogP contribution in [-0.2, 0) is 6.61 Å². The Morgan fingerprint density at radius 1 is 1.09 bits per heavy atom. The number of Topliss-reactive ketones (excluding diaryl/α,β-unsaturated/α-hetero) is 1. The van der Waals surface area contributed by atoms with Crippen molar-refractivity contribution in [3.8, 4) is 5.75 Å². The third-order valence-electron chi connectivity index (χ3n) is 3.45. The Kier molecular flexibility index (Phi) is 5.73. The van der Waals surface area contributed by atoms with Gasteiger partial charge in [-0.15, -0.1) is 0 Å². The molecule has 0 spiro atoms. The third-order valence-corrected chi connectivity index (χ3v) is 3.45. The second-order valence-corrected chi connectivity index (χ2v) is 5.83. The van der Waals surface area contributed by atoms with Gasteiger partial charge in [0.05, 0.1) is 0 Å². The average Bonchev–Trinajstić information content (AvgIpc) is 2.53. The second-order valence-electron chi connectivity index (χ2n) is 5.83. The molecule has 2 rings (SSSR count). The van der Waals surface area contributed by atoms with Gasteiger partial charge in [-0.3, -0.25) is 4.79 Å². The molecule has 0 amide bonds. The highest BCUT2D eigenvalue weighted by Gasteiger charge is 2.16. The molecule has 0 aliphatic carbocycles. The summed E-state index contributed by atoms with van der Waals surface area (Å²) in [5.41, 5.74) is 1.82. The van der Waals surface area contributed by atoms with E-state index in [2.05, 4.69) is 0 Å². The van der Waals surface area contributed by atoms with Gasteiger partial charge < -0.3 is 9.64 Å². The van der Waals surface area contributed by atoms with Gasteiger partial charge in [-0.25, -0.2) is 0 Å². The van der Waals surface area contributed by atoms with E-state index in [0.717, 1.165) is 17.9 Å². The average molecular weight is 297 g/mol. The molecule has 0 unspecified atom stereocenters. The molecule has 0 aliphatic rings. The fourth-order valence-electron chi connectivity index (χ4n) is 2.40. The van der Waals surface area contributed by atoms with Crippen molar-refractivity contribution in [3.63, 3.8) is 0 Å². The first-order valence-corrected chi connectivity index (χ1v) is 7.52. The Labute approximate surface area is 132 Å². The first-order valence-electron chi connectivity index (χ1n) is 7.52. The minimum absolute atomic E-state index is 0.0284. The van der Waals surface area contributed by atoms with Crippen molar-refractivity contribution in [1.29, 1.82) is 0 Å². The molecule has 0 bridgehead atoms. The molecule has 3 heteroatoms. The van der Waals surface area contributed by atoms with Crippen LogP contribution in [0.25, 0.3) is 0 Å². The molecule has 0 radical (unpaired) electrons. The lowest BCUT2D eigenvalue weighted by atomic mass is 9.99. The molecule has 0 heterocycles. The van der Waals surface area contributed by atoms with Crippen LogP contribution in [0.2, 0.25) is 0 Å². The Bertz CT molecular complexity index is 608.